The van der Waals surface area contributed by atoms with E-state index in [1.807, 2.05) is 0 Å². The lowest BCUT2D eigenvalue weighted by atomic mass is 10.0. The van der Waals surface area contributed by atoms with Crippen LogP contribution in [-0.4, -0.2) is 58.3 Å². The lowest BCUT2D eigenvalue weighted by molar-refractivity contribution is -0.140. The number of carbonyl (C=O) groups is 3. The largest absolute Gasteiger partial charge is 0.508 e. The molecule has 2 atom stereocenters. The molecule has 9 heteroatoms. The lowest BCUT2D eigenvalue weighted by Crippen LogP contribution is -2.52. The SMILES string of the molecule is CCCCCNC(=O)C(c1cccc(O)c1)N(C)C(=O)C(Cc1ccc(O)cc1)NC(=O)OC(C)(C)C. The maximum Gasteiger partial charge on any atom is 0.408 e. The first kappa shape index (κ1) is 29.5. The van der Waals surface area contributed by atoms with Gasteiger partial charge in [0.2, 0.25) is 11.8 Å². The summed E-state index contributed by atoms with van der Waals surface area (Å²) in [5.41, 5.74) is 0.355. The van der Waals surface area contributed by atoms with E-state index < -0.39 is 35.6 Å². The number of alkyl carbamates (subject to hydrolysis) is 1. The highest BCUT2D eigenvalue weighted by atomic mass is 16.6. The summed E-state index contributed by atoms with van der Waals surface area (Å²) in [6.45, 7) is 7.68. The van der Waals surface area contributed by atoms with Crippen LogP contribution in [0.15, 0.2) is 48.5 Å². The number of carbonyl (C=O) groups excluding carboxylic acids is 3. The second-order valence-corrected chi connectivity index (χ2v) is 10.0. The first-order valence-electron chi connectivity index (χ1n) is 12.5. The Balaban J connectivity index is 2.36. The molecule has 0 aliphatic carbocycles. The molecule has 9 nitrogen and oxygen atoms in total. The van der Waals surface area contributed by atoms with Crippen molar-refractivity contribution in [3.8, 4) is 11.5 Å². The minimum absolute atomic E-state index is 0.0327. The van der Waals surface area contributed by atoms with Gasteiger partial charge in [0.05, 0.1) is 0 Å². The predicted octanol–water partition coefficient (Wildman–Crippen LogP) is 4.04. The van der Waals surface area contributed by atoms with Crippen LogP contribution in [0.25, 0.3) is 0 Å². The number of nitrogens with one attached hydrogen (secondary N) is 2. The zero-order chi connectivity index (χ0) is 27.6. The minimum Gasteiger partial charge on any atom is -0.508 e. The molecule has 0 spiro atoms. The number of rotatable bonds is 11. The monoisotopic (exact) mass is 513 g/mol. The summed E-state index contributed by atoms with van der Waals surface area (Å²) in [7, 11) is 1.49. The molecule has 3 amide bonds. The van der Waals surface area contributed by atoms with Crippen molar-refractivity contribution in [1.82, 2.24) is 15.5 Å². The highest BCUT2D eigenvalue weighted by molar-refractivity contribution is 5.92. The number of unbranched alkanes of at least 4 members (excludes halogenated alkanes) is 2. The van der Waals surface area contributed by atoms with E-state index in [-0.39, 0.29) is 17.9 Å². The summed E-state index contributed by atoms with van der Waals surface area (Å²) in [6, 6.07) is 10.4. The number of phenols is 2. The molecule has 4 N–H and O–H groups in total. The molecule has 0 fully saturated rings. The van der Waals surface area contributed by atoms with Gasteiger partial charge in [0.15, 0.2) is 0 Å². The van der Waals surface area contributed by atoms with E-state index in [0.717, 1.165) is 19.3 Å². The predicted molar refractivity (Wildman–Crippen MR) is 141 cm³/mol. The topological polar surface area (TPSA) is 128 Å². The summed E-state index contributed by atoms with van der Waals surface area (Å²) in [4.78, 5) is 40.9. The van der Waals surface area contributed by atoms with Gasteiger partial charge in [-0.25, -0.2) is 4.79 Å². The molecule has 0 radical (unpaired) electrons. The van der Waals surface area contributed by atoms with Gasteiger partial charge in [0.1, 0.15) is 29.2 Å². The van der Waals surface area contributed by atoms with Crippen molar-refractivity contribution in [3.05, 3.63) is 59.7 Å². The molecule has 0 aromatic heterocycles. The second kappa shape index (κ2) is 13.5. The first-order valence-corrected chi connectivity index (χ1v) is 12.5. The summed E-state index contributed by atoms with van der Waals surface area (Å²) in [5, 5.41) is 25.2. The average molecular weight is 514 g/mol. The fourth-order valence-electron chi connectivity index (χ4n) is 3.82. The maximum absolute atomic E-state index is 13.8. The van der Waals surface area contributed by atoms with Gasteiger partial charge in [-0.3, -0.25) is 9.59 Å². The van der Waals surface area contributed by atoms with Crippen LogP contribution >= 0.6 is 0 Å². The van der Waals surface area contributed by atoms with Crippen LogP contribution in [0.2, 0.25) is 0 Å². The highest BCUT2D eigenvalue weighted by Gasteiger charge is 2.34. The number of phenolic OH excluding ortho intramolecular Hbond substituents is 2. The van der Waals surface area contributed by atoms with Crippen molar-refractivity contribution >= 4 is 17.9 Å². The molecule has 2 aromatic rings. The third-order valence-corrected chi connectivity index (χ3v) is 5.61. The molecular formula is C28H39N3O6. The first-order chi connectivity index (χ1) is 17.4. The number of amides is 3. The van der Waals surface area contributed by atoms with Crippen LogP contribution in [-0.2, 0) is 20.7 Å². The normalized spacial score (nSPS) is 12.8. The number of aromatic hydroxyl groups is 2. The average Bonchev–Trinajstić information content (AvgIpc) is 2.81. The fraction of sp³-hybridized carbons (Fsp3) is 0.464. The van der Waals surface area contributed by atoms with Gasteiger partial charge < -0.3 is 30.5 Å². The van der Waals surface area contributed by atoms with Crippen LogP contribution in [0.4, 0.5) is 4.79 Å². The van der Waals surface area contributed by atoms with Gasteiger partial charge in [-0.15, -0.1) is 0 Å². The van der Waals surface area contributed by atoms with Gasteiger partial charge in [-0.05, 0) is 62.6 Å². The Kier molecular flexibility index (Phi) is 10.8. The molecule has 0 aliphatic heterocycles. The van der Waals surface area contributed by atoms with Gasteiger partial charge in [-0.1, -0.05) is 44.0 Å². The zero-order valence-corrected chi connectivity index (χ0v) is 22.3. The van der Waals surface area contributed by atoms with Gasteiger partial charge in [0.25, 0.3) is 0 Å². The van der Waals surface area contributed by atoms with Gasteiger partial charge >= 0.3 is 6.09 Å². The van der Waals surface area contributed by atoms with E-state index in [0.29, 0.717) is 17.7 Å². The van der Waals surface area contributed by atoms with Crippen molar-refractivity contribution in [3.63, 3.8) is 0 Å². The second-order valence-electron chi connectivity index (χ2n) is 10.0. The third kappa shape index (κ3) is 9.67. The van der Waals surface area contributed by atoms with E-state index in [9.17, 15) is 24.6 Å². The molecule has 2 rings (SSSR count). The maximum atomic E-state index is 13.8. The Bertz CT molecular complexity index is 1050. The standard InChI is InChI=1S/C28H39N3O6/c1-6-7-8-16-29-25(34)24(20-10-9-11-22(33)18-20)31(5)26(35)23(30-27(36)37-28(2,3)4)17-19-12-14-21(32)15-13-19/h9-15,18,23-24,32-33H,6-8,16-17H2,1-5H3,(H,29,34)(H,30,36). The molecule has 0 aliphatic rings. The lowest BCUT2D eigenvalue weighted by Gasteiger charge is -2.32. The van der Waals surface area contributed by atoms with Crippen LogP contribution in [0.3, 0.4) is 0 Å². The number of benzene rings is 2. The van der Waals surface area contributed by atoms with Crippen LogP contribution < -0.4 is 10.6 Å². The Morgan fingerprint density at radius 1 is 1.00 bits per heavy atom. The Morgan fingerprint density at radius 3 is 2.27 bits per heavy atom. The Labute approximate surface area is 218 Å². The molecular weight excluding hydrogens is 474 g/mol. The zero-order valence-electron chi connectivity index (χ0n) is 22.3. The van der Waals surface area contributed by atoms with E-state index in [4.69, 9.17) is 4.74 Å². The van der Waals surface area contributed by atoms with Crippen molar-refractivity contribution in [2.45, 2.75) is 71.1 Å². The third-order valence-electron chi connectivity index (χ3n) is 5.61. The summed E-state index contributed by atoms with van der Waals surface area (Å²) in [5.74, 6) is -0.864. The molecule has 0 heterocycles. The van der Waals surface area contributed by atoms with Crippen LogP contribution in [0.1, 0.15) is 64.1 Å². The summed E-state index contributed by atoms with van der Waals surface area (Å²) >= 11 is 0. The van der Waals surface area contributed by atoms with Crippen molar-refractivity contribution in [2.75, 3.05) is 13.6 Å². The van der Waals surface area contributed by atoms with Crippen molar-refractivity contribution in [2.24, 2.45) is 0 Å². The molecule has 2 aromatic carbocycles. The molecule has 0 bridgehead atoms. The van der Waals surface area contributed by atoms with Crippen LogP contribution in [0, 0.1) is 0 Å². The van der Waals surface area contributed by atoms with E-state index in [1.165, 1.54) is 36.2 Å². The summed E-state index contributed by atoms with van der Waals surface area (Å²) < 4.78 is 5.37. The molecule has 37 heavy (non-hydrogen) atoms. The number of ether oxygens (including phenoxy) is 1. The smallest absolute Gasteiger partial charge is 0.408 e. The Hall–Kier alpha value is -3.75. The van der Waals surface area contributed by atoms with Crippen molar-refractivity contribution in [1.29, 1.82) is 0 Å². The molecule has 0 saturated heterocycles. The van der Waals surface area contributed by atoms with Crippen molar-refractivity contribution < 1.29 is 29.3 Å². The number of hydrogen-bond acceptors (Lipinski definition) is 6. The quantitative estimate of drug-likeness (QED) is 0.336. The number of nitrogens with zero attached hydrogens (tertiary/aromatic N) is 1. The fourth-order valence-corrected chi connectivity index (χ4v) is 3.82. The number of hydrogen-bond donors (Lipinski definition) is 4. The van der Waals surface area contributed by atoms with E-state index in [2.05, 4.69) is 17.6 Å². The van der Waals surface area contributed by atoms with E-state index >= 15 is 0 Å². The summed E-state index contributed by atoms with van der Waals surface area (Å²) in [6.07, 6.45) is 2.10. The minimum atomic E-state index is -1.06. The molecule has 2 unspecified atom stereocenters. The van der Waals surface area contributed by atoms with Crippen LogP contribution in [0.5, 0.6) is 11.5 Å². The molecule has 0 saturated carbocycles. The number of likely N-dealkylation sites (N-methyl/N-ethyl adjacent to an activating group) is 1. The molecule has 202 valence electrons. The highest BCUT2D eigenvalue weighted by Crippen LogP contribution is 2.25. The Morgan fingerprint density at radius 2 is 1.68 bits per heavy atom. The van der Waals surface area contributed by atoms with Gasteiger partial charge in [0, 0.05) is 20.0 Å². The van der Waals surface area contributed by atoms with E-state index in [1.54, 1.807) is 45.0 Å². The van der Waals surface area contributed by atoms with Gasteiger partial charge in [-0.2, -0.15) is 0 Å².